The summed E-state index contributed by atoms with van der Waals surface area (Å²) in [5.74, 6) is 0.742. The van der Waals surface area contributed by atoms with Crippen molar-refractivity contribution in [1.82, 2.24) is 4.90 Å². The Morgan fingerprint density at radius 1 is 1.00 bits per heavy atom. The van der Waals surface area contributed by atoms with Crippen LogP contribution in [0.4, 0.5) is 5.69 Å². The molecule has 2 aromatic carbocycles. The number of hydrogen-bond acceptors (Lipinski definition) is 5. The Labute approximate surface area is 159 Å². The number of amides is 1. The number of fused-ring (bicyclic) bond motifs is 1. The predicted octanol–water partition coefficient (Wildman–Crippen LogP) is 1.71. The number of rotatable bonds is 4. The van der Waals surface area contributed by atoms with Crippen LogP contribution in [0.5, 0.6) is 5.75 Å². The highest BCUT2D eigenvalue weighted by molar-refractivity contribution is 7.91. The van der Waals surface area contributed by atoms with Gasteiger partial charge in [-0.1, -0.05) is 36.4 Å². The standard InChI is InChI=1S/C20H22N2O4S/c1-26-19-10-6-5-7-15(19)11-21-12-20(23)22(16-8-3-2-4-9-16)18-14-27(24,25)13-17(18)21/h2-10,17-18H,11-14H2,1H3/t17-,18+/m1/s1. The number of methoxy groups -OCH3 is 1. The molecule has 0 aliphatic carbocycles. The lowest BCUT2D eigenvalue weighted by Gasteiger charge is -2.43. The van der Waals surface area contributed by atoms with Gasteiger partial charge in [-0.25, -0.2) is 8.42 Å². The smallest absolute Gasteiger partial charge is 0.241 e. The molecule has 27 heavy (non-hydrogen) atoms. The van der Waals surface area contributed by atoms with Crippen LogP contribution in [0.1, 0.15) is 5.56 Å². The topological polar surface area (TPSA) is 66.9 Å². The maximum atomic E-state index is 13.0. The van der Waals surface area contributed by atoms with Crippen molar-refractivity contribution >= 4 is 21.4 Å². The molecule has 7 heteroatoms. The average molecular weight is 386 g/mol. The van der Waals surface area contributed by atoms with E-state index in [4.69, 9.17) is 4.74 Å². The van der Waals surface area contributed by atoms with E-state index in [-0.39, 0.29) is 36.0 Å². The minimum Gasteiger partial charge on any atom is -0.496 e. The van der Waals surface area contributed by atoms with E-state index in [0.717, 1.165) is 17.0 Å². The Bertz CT molecular complexity index is 945. The number of sulfone groups is 1. The highest BCUT2D eigenvalue weighted by Crippen LogP contribution is 2.33. The zero-order valence-corrected chi connectivity index (χ0v) is 15.9. The number of piperazine rings is 1. The summed E-state index contributed by atoms with van der Waals surface area (Å²) >= 11 is 0. The summed E-state index contributed by atoms with van der Waals surface area (Å²) in [6.45, 7) is 0.665. The molecule has 2 heterocycles. The largest absolute Gasteiger partial charge is 0.496 e. The van der Waals surface area contributed by atoms with E-state index < -0.39 is 9.84 Å². The molecule has 0 spiro atoms. The fourth-order valence-corrected chi connectivity index (χ4v) is 6.09. The van der Waals surface area contributed by atoms with E-state index in [9.17, 15) is 13.2 Å². The van der Waals surface area contributed by atoms with Crippen LogP contribution in [0.15, 0.2) is 54.6 Å². The van der Waals surface area contributed by atoms with E-state index in [1.54, 1.807) is 12.0 Å². The molecule has 2 aliphatic heterocycles. The van der Waals surface area contributed by atoms with E-state index in [2.05, 4.69) is 0 Å². The van der Waals surface area contributed by atoms with Gasteiger partial charge in [-0.05, 0) is 18.2 Å². The molecule has 2 fully saturated rings. The molecule has 0 N–H and O–H groups in total. The number of nitrogens with zero attached hydrogens (tertiary/aromatic N) is 2. The Kier molecular flexibility index (Phi) is 4.65. The summed E-state index contributed by atoms with van der Waals surface area (Å²) in [6, 6.07) is 16.4. The van der Waals surface area contributed by atoms with E-state index in [0.29, 0.717) is 6.54 Å². The van der Waals surface area contributed by atoms with Gasteiger partial charge in [0.05, 0.1) is 31.2 Å². The first-order valence-corrected chi connectivity index (χ1v) is 10.7. The van der Waals surface area contributed by atoms with Crippen LogP contribution in [0.3, 0.4) is 0 Å². The second kappa shape index (κ2) is 6.98. The molecule has 2 saturated heterocycles. The molecular weight excluding hydrogens is 364 g/mol. The third kappa shape index (κ3) is 3.44. The predicted molar refractivity (Wildman–Crippen MR) is 104 cm³/mol. The summed E-state index contributed by atoms with van der Waals surface area (Å²) in [7, 11) is -1.59. The molecule has 1 amide bonds. The second-order valence-electron chi connectivity index (χ2n) is 7.03. The van der Waals surface area contributed by atoms with Gasteiger partial charge in [-0.3, -0.25) is 9.69 Å². The first kappa shape index (κ1) is 18.0. The van der Waals surface area contributed by atoms with Crippen molar-refractivity contribution in [1.29, 1.82) is 0 Å². The molecular formula is C20H22N2O4S. The van der Waals surface area contributed by atoms with Gasteiger partial charge < -0.3 is 9.64 Å². The summed E-state index contributed by atoms with van der Waals surface area (Å²) in [5.41, 5.74) is 1.70. The van der Waals surface area contributed by atoms with Gasteiger partial charge in [0.2, 0.25) is 5.91 Å². The number of benzene rings is 2. The number of ether oxygens (including phenoxy) is 1. The third-order valence-corrected chi connectivity index (χ3v) is 7.00. The maximum absolute atomic E-state index is 13.0. The molecule has 0 bridgehead atoms. The minimum absolute atomic E-state index is 0.000720. The van der Waals surface area contributed by atoms with Crippen LogP contribution in [0.25, 0.3) is 0 Å². The number of hydrogen-bond donors (Lipinski definition) is 0. The molecule has 2 atom stereocenters. The van der Waals surface area contributed by atoms with Gasteiger partial charge in [-0.15, -0.1) is 0 Å². The van der Waals surface area contributed by atoms with Gasteiger partial charge in [-0.2, -0.15) is 0 Å². The Morgan fingerprint density at radius 3 is 2.41 bits per heavy atom. The van der Waals surface area contributed by atoms with E-state index in [1.807, 2.05) is 59.5 Å². The van der Waals surface area contributed by atoms with Crippen LogP contribution >= 0.6 is 0 Å². The SMILES string of the molecule is COc1ccccc1CN1CC(=O)N(c2ccccc2)[C@H]2CS(=O)(=O)C[C@H]21. The number of carbonyl (C=O) groups is 1. The first-order chi connectivity index (χ1) is 13.0. The van der Waals surface area contributed by atoms with Gasteiger partial charge in [0.25, 0.3) is 0 Å². The minimum atomic E-state index is -3.20. The summed E-state index contributed by atoms with van der Waals surface area (Å²) < 4.78 is 30.2. The third-order valence-electron chi connectivity index (χ3n) is 5.30. The van der Waals surface area contributed by atoms with Crippen molar-refractivity contribution in [3.8, 4) is 5.75 Å². The van der Waals surface area contributed by atoms with Crippen LogP contribution < -0.4 is 9.64 Å². The highest BCUT2D eigenvalue weighted by atomic mass is 32.2. The monoisotopic (exact) mass is 386 g/mol. The first-order valence-electron chi connectivity index (χ1n) is 8.92. The molecule has 0 aromatic heterocycles. The van der Waals surface area contributed by atoms with Crippen molar-refractivity contribution in [2.24, 2.45) is 0 Å². The highest BCUT2D eigenvalue weighted by Gasteiger charge is 2.49. The number of para-hydroxylation sites is 2. The van der Waals surface area contributed by atoms with Crippen LogP contribution in [-0.2, 0) is 21.2 Å². The van der Waals surface area contributed by atoms with Crippen molar-refractivity contribution in [3.63, 3.8) is 0 Å². The molecule has 142 valence electrons. The fraction of sp³-hybridized carbons (Fsp3) is 0.350. The van der Waals surface area contributed by atoms with Gasteiger partial charge in [0.15, 0.2) is 9.84 Å². The Balaban J connectivity index is 1.67. The maximum Gasteiger partial charge on any atom is 0.241 e. The Hall–Kier alpha value is -2.38. The van der Waals surface area contributed by atoms with Crippen LogP contribution in [0, 0.1) is 0 Å². The zero-order valence-electron chi connectivity index (χ0n) is 15.1. The summed E-state index contributed by atoms with van der Waals surface area (Å²) in [6.07, 6.45) is 0. The molecule has 0 saturated carbocycles. The van der Waals surface area contributed by atoms with Gasteiger partial charge in [0.1, 0.15) is 5.75 Å². The number of anilines is 1. The molecule has 2 aliphatic rings. The molecule has 4 rings (SSSR count). The summed E-state index contributed by atoms with van der Waals surface area (Å²) in [5, 5.41) is 0. The molecule has 6 nitrogen and oxygen atoms in total. The summed E-state index contributed by atoms with van der Waals surface area (Å²) in [4.78, 5) is 16.6. The average Bonchev–Trinajstić information content (AvgIpc) is 2.98. The molecule has 0 unspecified atom stereocenters. The van der Waals surface area contributed by atoms with E-state index in [1.165, 1.54) is 0 Å². The van der Waals surface area contributed by atoms with Crippen molar-refractivity contribution < 1.29 is 17.9 Å². The normalized spacial score (nSPS) is 24.6. The van der Waals surface area contributed by atoms with Crippen molar-refractivity contribution in [3.05, 3.63) is 60.2 Å². The Morgan fingerprint density at radius 2 is 1.67 bits per heavy atom. The van der Waals surface area contributed by atoms with Gasteiger partial charge in [0, 0.05) is 23.8 Å². The number of carbonyl (C=O) groups excluding carboxylic acids is 1. The van der Waals surface area contributed by atoms with Crippen LogP contribution in [-0.4, -0.2) is 56.5 Å². The lowest BCUT2D eigenvalue weighted by atomic mass is 10.0. The zero-order chi connectivity index (χ0) is 19.0. The van der Waals surface area contributed by atoms with Crippen molar-refractivity contribution in [2.75, 3.05) is 30.1 Å². The van der Waals surface area contributed by atoms with E-state index >= 15 is 0 Å². The lowest BCUT2D eigenvalue weighted by Crippen LogP contribution is -2.61. The molecule has 0 radical (unpaired) electrons. The van der Waals surface area contributed by atoms with Crippen LogP contribution in [0.2, 0.25) is 0 Å². The quantitative estimate of drug-likeness (QED) is 0.800. The van der Waals surface area contributed by atoms with Gasteiger partial charge >= 0.3 is 0 Å². The molecule has 2 aromatic rings. The van der Waals surface area contributed by atoms with Crippen molar-refractivity contribution in [2.45, 2.75) is 18.6 Å². The fourth-order valence-electron chi connectivity index (χ4n) is 4.11. The second-order valence-corrected chi connectivity index (χ2v) is 9.18. The lowest BCUT2D eigenvalue weighted by molar-refractivity contribution is -0.123.